The van der Waals surface area contributed by atoms with Crippen molar-refractivity contribution in [3.05, 3.63) is 55.4 Å². The van der Waals surface area contributed by atoms with Crippen LogP contribution in [0.25, 0.3) is 0 Å². The van der Waals surface area contributed by atoms with Crippen LogP contribution in [-0.2, 0) is 6.54 Å². The lowest BCUT2D eigenvalue weighted by atomic mass is 10.2. The van der Waals surface area contributed by atoms with Crippen LogP contribution < -0.4 is 16.6 Å². The molecule has 2 aromatic heterocycles. The number of pyridine rings is 1. The molecule has 0 fully saturated rings. The van der Waals surface area contributed by atoms with Gasteiger partial charge in [0.1, 0.15) is 5.82 Å². The third-order valence-corrected chi connectivity index (χ3v) is 3.27. The molecule has 0 aliphatic heterocycles. The average Bonchev–Trinajstić information content (AvgIpc) is 2.43. The molecule has 0 radical (unpaired) electrons. The van der Waals surface area contributed by atoms with Crippen molar-refractivity contribution in [2.45, 2.75) is 19.9 Å². The van der Waals surface area contributed by atoms with Gasteiger partial charge in [0.05, 0.1) is 11.0 Å². The van der Waals surface area contributed by atoms with Gasteiger partial charge in [-0.3, -0.25) is 14.3 Å². The zero-order valence-corrected chi connectivity index (χ0v) is 12.6. The van der Waals surface area contributed by atoms with E-state index in [4.69, 9.17) is 0 Å². The van der Waals surface area contributed by atoms with Gasteiger partial charge < -0.3 is 5.32 Å². The van der Waals surface area contributed by atoms with E-state index < -0.39 is 11.2 Å². The minimum Gasteiger partial charge on any atom is -0.370 e. The van der Waals surface area contributed by atoms with E-state index in [-0.39, 0.29) is 0 Å². The quantitative estimate of drug-likeness (QED) is 0.867. The number of hydrogen-bond acceptors (Lipinski definition) is 4. The van der Waals surface area contributed by atoms with Gasteiger partial charge in [0, 0.05) is 18.9 Å². The molecule has 0 bridgehead atoms. The second-order valence-electron chi connectivity index (χ2n) is 4.34. The summed E-state index contributed by atoms with van der Waals surface area (Å²) in [4.78, 5) is 29.4. The Bertz CT molecular complexity index is 708. The highest BCUT2D eigenvalue weighted by Crippen LogP contribution is 2.08. The van der Waals surface area contributed by atoms with E-state index in [1.165, 1.54) is 10.8 Å². The Kier molecular flexibility index (Phi) is 4.73. The largest absolute Gasteiger partial charge is 0.370 e. The summed E-state index contributed by atoms with van der Waals surface area (Å²) in [6.07, 6.45) is 4.19. The maximum atomic E-state index is 11.7. The molecule has 0 spiro atoms. The average molecular weight is 339 g/mol. The summed E-state index contributed by atoms with van der Waals surface area (Å²) in [5.41, 5.74) is 0.0732. The summed E-state index contributed by atoms with van der Waals surface area (Å²) in [6, 6.07) is 3.73. The zero-order valence-electron chi connectivity index (χ0n) is 11.0. The molecule has 0 aliphatic rings. The fourth-order valence-electron chi connectivity index (χ4n) is 1.72. The topological polar surface area (TPSA) is 79.8 Å². The van der Waals surface area contributed by atoms with Crippen LogP contribution >= 0.6 is 15.9 Å². The summed E-state index contributed by atoms with van der Waals surface area (Å²) in [5, 5.41) is 3.19. The lowest BCUT2D eigenvalue weighted by Gasteiger charge is -2.08. The van der Waals surface area contributed by atoms with Crippen molar-refractivity contribution in [3.63, 3.8) is 0 Å². The van der Waals surface area contributed by atoms with Gasteiger partial charge in [-0.25, -0.2) is 9.78 Å². The Morgan fingerprint density at radius 1 is 1.45 bits per heavy atom. The lowest BCUT2D eigenvalue weighted by molar-refractivity contribution is 0.715. The van der Waals surface area contributed by atoms with Crippen molar-refractivity contribution >= 4 is 21.7 Å². The molecule has 2 rings (SSSR count). The van der Waals surface area contributed by atoms with E-state index in [0.717, 1.165) is 24.3 Å². The summed E-state index contributed by atoms with van der Waals surface area (Å²) in [6.45, 7) is 3.30. The first-order chi connectivity index (χ1) is 9.60. The molecule has 0 aromatic carbocycles. The van der Waals surface area contributed by atoms with Gasteiger partial charge in [0.2, 0.25) is 0 Å². The minimum atomic E-state index is -0.432. The number of anilines is 1. The maximum absolute atomic E-state index is 11.7. The fraction of sp³-hybridized carbons (Fsp3) is 0.308. The van der Waals surface area contributed by atoms with Gasteiger partial charge in [0.25, 0.3) is 5.56 Å². The number of H-pyrrole nitrogens is 1. The highest BCUT2D eigenvalue weighted by Gasteiger charge is 2.04. The molecule has 2 aromatic rings. The van der Waals surface area contributed by atoms with Crippen molar-refractivity contribution in [2.75, 3.05) is 11.9 Å². The Morgan fingerprint density at radius 2 is 2.25 bits per heavy atom. The van der Waals surface area contributed by atoms with E-state index >= 15 is 0 Å². The number of hydrogen-bond donors (Lipinski definition) is 2. The van der Waals surface area contributed by atoms with Gasteiger partial charge in [0.15, 0.2) is 0 Å². The van der Waals surface area contributed by atoms with Gasteiger partial charge in [-0.1, -0.05) is 6.92 Å². The molecule has 20 heavy (non-hydrogen) atoms. The third-order valence-electron chi connectivity index (χ3n) is 2.70. The van der Waals surface area contributed by atoms with Gasteiger partial charge in [-0.2, -0.15) is 0 Å². The predicted molar refractivity (Wildman–Crippen MR) is 81.1 cm³/mol. The van der Waals surface area contributed by atoms with Gasteiger partial charge in [-0.05, 0) is 40.0 Å². The monoisotopic (exact) mass is 338 g/mol. The molecule has 2 N–H and O–H groups in total. The number of aromatic amines is 1. The van der Waals surface area contributed by atoms with Crippen molar-refractivity contribution < 1.29 is 0 Å². The Morgan fingerprint density at radius 3 is 3.00 bits per heavy atom. The first-order valence-corrected chi connectivity index (χ1v) is 7.07. The molecule has 0 amide bonds. The highest BCUT2D eigenvalue weighted by molar-refractivity contribution is 9.10. The Hall–Kier alpha value is -1.89. The van der Waals surface area contributed by atoms with Crippen molar-refractivity contribution in [2.24, 2.45) is 0 Å². The van der Waals surface area contributed by atoms with Crippen LogP contribution in [0.15, 0.2) is 38.6 Å². The molecular weight excluding hydrogens is 324 g/mol. The first kappa shape index (κ1) is 14.5. The predicted octanol–water partition coefficient (Wildman–Crippen LogP) is 1.56. The molecule has 7 heteroatoms. The van der Waals surface area contributed by atoms with Gasteiger partial charge >= 0.3 is 5.69 Å². The van der Waals surface area contributed by atoms with Crippen molar-refractivity contribution in [3.8, 4) is 0 Å². The summed E-state index contributed by atoms with van der Waals surface area (Å²) in [7, 11) is 0. The van der Waals surface area contributed by atoms with Crippen LogP contribution in [0.2, 0.25) is 0 Å². The second-order valence-corrected chi connectivity index (χ2v) is 5.19. The summed E-state index contributed by atoms with van der Waals surface area (Å²) in [5.74, 6) is 0.779. The normalized spacial score (nSPS) is 10.5. The summed E-state index contributed by atoms with van der Waals surface area (Å²) < 4.78 is 1.76. The summed E-state index contributed by atoms with van der Waals surface area (Å²) >= 11 is 3.11. The van der Waals surface area contributed by atoms with E-state index in [9.17, 15) is 9.59 Å². The fourth-order valence-corrected chi connectivity index (χ4v) is 2.07. The lowest BCUT2D eigenvalue weighted by Crippen LogP contribution is -2.30. The second kappa shape index (κ2) is 6.51. The molecule has 106 valence electrons. The molecule has 6 nitrogen and oxygen atoms in total. The smallest absolute Gasteiger partial charge is 0.328 e. The van der Waals surface area contributed by atoms with Crippen molar-refractivity contribution in [1.82, 2.24) is 14.5 Å². The number of halogens is 1. The van der Waals surface area contributed by atoms with Crippen LogP contribution in [0.5, 0.6) is 0 Å². The number of nitrogens with one attached hydrogen (secondary N) is 2. The molecule has 0 atom stereocenters. The third kappa shape index (κ3) is 3.57. The SMILES string of the molecule is CCCNc1cc(Cn2cc(Br)c(=O)[nH]c2=O)ccn1. The van der Waals surface area contributed by atoms with Gasteiger partial charge in [-0.15, -0.1) is 0 Å². The van der Waals surface area contributed by atoms with Crippen LogP contribution in [0.1, 0.15) is 18.9 Å². The van der Waals surface area contributed by atoms with Crippen LogP contribution in [0, 0.1) is 0 Å². The molecule has 0 saturated heterocycles. The Balaban J connectivity index is 2.24. The van der Waals surface area contributed by atoms with E-state index in [1.807, 2.05) is 12.1 Å². The van der Waals surface area contributed by atoms with Crippen LogP contribution in [0.4, 0.5) is 5.82 Å². The molecular formula is C13H15BrN4O2. The maximum Gasteiger partial charge on any atom is 0.328 e. The number of aromatic nitrogens is 3. The van der Waals surface area contributed by atoms with E-state index in [0.29, 0.717) is 11.0 Å². The first-order valence-electron chi connectivity index (χ1n) is 6.28. The van der Waals surface area contributed by atoms with E-state index in [1.54, 1.807) is 6.20 Å². The standard InChI is InChI=1S/C13H15BrN4O2/c1-2-4-15-11-6-9(3-5-16-11)7-18-8-10(14)12(19)17-13(18)20/h3,5-6,8H,2,4,7H2,1H3,(H,15,16)(H,17,19,20). The van der Waals surface area contributed by atoms with E-state index in [2.05, 4.69) is 38.1 Å². The van der Waals surface area contributed by atoms with Crippen LogP contribution in [-0.4, -0.2) is 21.1 Å². The molecule has 2 heterocycles. The molecule has 0 aliphatic carbocycles. The van der Waals surface area contributed by atoms with Crippen molar-refractivity contribution in [1.29, 1.82) is 0 Å². The Labute approximate surface area is 124 Å². The zero-order chi connectivity index (χ0) is 14.5. The minimum absolute atomic E-state index is 0.329. The number of rotatable bonds is 5. The molecule has 0 saturated carbocycles. The van der Waals surface area contributed by atoms with Crippen LogP contribution in [0.3, 0.4) is 0 Å². The number of nitrogens with zero attached hydrogens (tertiary/aromatic N) is 2. The molecule has 0 unspecified atom stereocenters. The highest BCUT2D eigenvalue weighted by atomic mass is 79.9.